The lowest BCUT2D eigenvalue weighted by Gasteiger charge is -2.37. The maximum absolute atomic E-state index is 15.4. The molecule has 84 heavy (non-hydrogen) atoms. The van der Waals surface area contributed by atoms with Crippen molar-refractivity contribution in [1.29, 1.82) is 0 Å². The number of carbonyl (C=O) groups excluding carboxylic acids is 4. The average Bonchev–Trinajstić information content (AvgIpc) is 4.18. The molecular weight excluding hydrogens is 1040 g/mol. The largest absolute Gasteiger partial charge is 0.457 e. The van der Waals surface area contributed by atoms with Gasteiger partial charge in [-0.15, -0.1) is 0 Å². The Balaban J connectivity index is 0.805. The van der Waals surface area contributed by atoms with E-state index in [-0.39, 0.29) is 23.0 Å². The van der Waals surface area contributed by atoms with Gasteiger partial charge in [0, 0.05) is 46.2 Å². The monoisotopic (exact) mass is 1100 g/mol. The van der Waals surface area contributed by atoms with E-state index < -0.39 is 23.9 Å². The van der Waals surface area contributed by atoms with Gasteiger partial charge in [-0.3, -0.25) is 29.0 Å². The van der Waals surface area contributed by atoms with Crippen molar-refractivity contribution >= 4 is 80.0 Å². The molecule has 4 amide bonds. The molecule has 2 heterocycles. The molecule has 3 aliphatic rings. The third-order valence-corrected chi connectivity index (χ3v) is 15.8. The molecular formula is C74H56N4O6. The first-order valence-electron chi connectivity index (χ1n) is 28.3. The number of carbonyl (C=O) groups is 4. The van der Waals surface area contributed by atoms with Gasteiger partial charge in [0.2, 0.25) is 0 Å². The summed E-state index contributed by atoms with van der Waals surface area (Å²) in [4.78, 5) is 68.0. The molecule has 0 aromatic heterocycles. The van der Waals surface area contributed by atoms with Crippen molar-refractivity contribution in [3.8, 4) is 23.0 Å². The van der Waals surface area contributed by atoms with Crippen LogP contribution in [0.1, 0.15) is 47.9 Å². The van der Waals surface area contributed by atoms with Crippen molar-refractivity contribution < 1.29 is 28.7 Å². The molecule has 0 bridgehead atoms. The Bertz CT molecular complexity index is 3730. The second-order valence-corrected chi connectivity index (χ2v) is 20.9. The molecule has 0 radical (unpaired) electrons. The predicted molar refractivity (Wildman–Crippen MR) is 332 cm³/mol. The lowest BCUT2D eigenvalue weighted by Crippen LogP contribution is -2.48. The van der Waals surface area contributed by atoms with Gasteiger partial charge in [-0.25, -0.2) is 0 Å². The zero-order valence-corrected chi connectivity index (χ0v) is 45.8. The third kappa shape index (κ3) is 10.4. The summed E-state index contributed by atoms with van der Waals surface area (Å²) in [5.41, 5.74) is 9.23. The Kier molecular flexibility index (Phi) is 14.6. The van der Waals surface area contributed by atoms with Crippen LogP contribution in [0.5, 0.6) is 23.0 Å². The Hall–Kier alpha value is -10.8. The maximum Gasteiger partial charge on any atom is 0.262 e. The van der Waals surface area contributed by atoms with Crippen LogP contribution in [-0.2, 0) is 19.2 Å². The van der Waals surface area contributed by atoms with E-state index in [2.05, 4.69) is 58.3 Å². The number of hydrogen-bond donors (Lipinski definition) is 0. The Morgan fingerprint density at radius 2 is 0.452 bits per heavy atom. The van der Waals surface area contributed by atoms with Gasteiger partial charge in [0.25, 0.3) is 23.6 Å². The minimum absolute atomic E-state index is 0.289. The molecule has 13 rings (SSSR count). The third-order valence-electron chi connectivity index (χ3n) is 15.8. The molecule has 0 spiro atoms. The molecule has 0 N–H and O–H groups in total. The van der Waals surface area contributed by atoms with Gasteiger partial charge in [-0.1, -0.05) is 158 Å². The summed E-state index contributed by atoms with van der Waals surface area (Å²) in [6, 6.07) is 88.4. The number of hydrogen-bond acceptors (Lipinski definition) is 8. The van der Waals surface area contributed by atoms with Crippen LogP contribution in [0.25, 0.3) is 22.3 Å². The highest BCUT2D eigenvalue weighted by Gasteiger charge is 2.48. The van der Waals surface area contributed by atoms with Crippen LogP contribution < -0.4 is 19.3 Å². The highest BCUT2D eigenvalue weighted by Crippen LogP contribution is 2.45. The lowest BCUT2D eigenvalue weighted by atomic mass is 9.89. The Labute approximate surface area is 488 Å². The summed E-state index contributed by atoms with van der Waals surface area (Å²) in [6.07, 6.45) is 1.52. The number of ether oxygens (including phenoxy) is 2. The van der Waals surface area contributed by atoms with Crippen LogP contribution in [0.4, 0.5) is 34.1 Å². The van der Waals surface area contributed by atoms with E-state index in [1.807, 2.05) is 206 Å². The molecule has 0 atom stereocenters. The summed E-state index contributed by atoms with van der Waals surface area (Å²) in [5, 5.41) is 0. The van der Waals surface area contributed by atoms with Crippen molar-refractivity contribution in [2.75, 3.05) is 9.80 Å². The molecule has 1 fully saturated rings. The first-order valence-corrected chi connectivity index (χ1v) is 28.3. The number of rotatable bonds is 16. The van der Waals surface area contributed by atoms with Gasteiger partial charge in [-0.05, 0) is 169 Å². The average molecular weight is 1100 g/mol. The molecule has 10 heteroatoms. The summed E-state index contributed by atoms with van der Waals surface area (Å²) in [5.74, 6) is 0.940. The van der Waals surface area contributed by atoms with Crippen LogP contribution in [-0.4, -0.2) is 45.5 Å². The van der Waals surface area contributed by atoms with E-state index in [4.69, 9.17) is 9.47 Å². The highest BCUT2D eigenvalue weighted by atomic mass is 16.5. The molecule has 0 unspecified atom stereocenters. The van der Waals surface area contributed by atoms with Crippen molar-refractivity contribution in [1.82, 2.24) is 9.80 Å². The van der Waals surface area contributed by atoms with E-state index >= 15 is 19.2 Å². The van der Waals surface area contributed by atoms with E-state index in [0.717, 1.165) is 34.1 Å². The van der Waals surface area contributed by atoms with Gasteiger partial charge >= 0.3 is 0 Å². The topological polar surface area (TPSA) is 99.7 Å². The molecule has 408 valence electrons. The minimum Gasteiger partial charge on any atom is -0.457 e. The minimum atomic E-state index is -0.500. The van der Waals surface area contributed by atoms with Gasteiger partial charge < -0.3 is 19.3 Å². The summed E-state index contributed by atoms with van der Waals surface area (Å²) >= 11 is 0. The fourth-order valence-electron chi connectivity index (χ4n) is 11.8. The van der Waals surface area contributed by atoms with Crippen LogP contribution in [0, 0.1) is 0 Å². The Morgan fingerprint density at radius 3 is 0.702 bits per heavy atom. The number of imide groups is 2. The van der Waals surface area contributed by atoms with Gasteiger partial charge in [0.05, 0.1) is 22.3 Å². The molecule has 1 saturated carbocycles. The normalized spacial score (nSPS) is 16.1. The molecule has 10 aromatic carbocycles. The van der Waals surface area contributed by atoms with Gasteiger partial charge in [0.15, 0.2) is 0 Å². The van der Waals surface area contributed by atoms with E-state index in [1.54, 1.807) is 24.3 Å². The molecule has 10 nitrogen and oxygen atoms in total. The number of amides is 4. The number of para-hydroxylation sites is 6. The number of benzene rings is 10. The molecule has 1 aliphatic carbocycles. The van der Waals surface area contributed by atoms with Crippen LogP contribution >= 0.6 is 0 Å². The first kappa shape index (κ1) is 52.5. The van der Waals surface area contributed by atoms with Crippen LogP contribution in [0.3, 0.4) is 0 Å². The van der Waals surface area contributed by atoms with Gasteiger partial charge in [-0.2, -0.15) is 0 Å². The zero-order valence-electron chi connectivity index (χ0n) is 45.8. The van der Waals surface area contributed by atoms with Crippen LogP contribution in [0.2, 0.25) is 0 Å². The number of anilines is 6. The first-order chi connectivity index (χ1) is 41.3. The quantitative estimate of drug-likeness (QED) is 0.0882. The van der Waals surface area contributed by atoms with Crippen LogP contribution in [0.15, 0.2) is 279 Å². The number of nitrogens with zero attached hydrogens (tertiary/aromatic N) is 4. The van der Waals surface area contributed by atoms with Crippen molar-refractivity contribution in [2.45, 2.75) is 37.8 Å². The van der Waals surface area contributed by atoms with E-state index in [9.17, 15) is 0 Å². The molecule has 10 aromatic rings. The summed E-state index contributed by atoms with van der Waals surface area (Å²) in [7, 11) is 0. The summed E-state index contributed by atoms with van der Waals surface area (Å²) in [6.45, 7) is 0. The van der Waals surface area contributed by atoms with Crippen molar-refractivity contribution in [3.63, 3.8) is 0 Å². The van der Waals surface area contributed by atoms with E-state index in [1.165, 1.54) is 9.80 Å². The fraction of sp³-hybridized carbons (Fsp3) is 0.0811. The summed E-state index contributed by atoms with van der Waals surface area (Å²) < 4.78 is 12.2. The fourth-order valence-corrected chi connectivity index (χ4v) is 11.8. The van der Waals surface area contributed by atoms with E-state index in [0.29, 0.717) is 82.1 Å². The second kappa shape index (κ2) is 23.3. The maximum atomic E-state index is 15.4. The Morgan fingerprint density at radius 1 is 0.250 bits per heavy atom. The second-order valence-electron chi connectivity index (χ2n) is 20.9. The standard InChI is InChI=1S/C74H56N4O6/c79-71-67(51-31-39-59(40-32-51)75(55-19-7-1-8-20-55)56-21-9-2-10-22-56)68(52-33-41-60(42-34-52)76(57-23-11-3-12-24-57)58-25-13-4-14-26-58)72(80)77(71)61-43-45-62(46-44-61)78-73(81)69(53-35-47-65(48-36-53)83-63-27-15-5-16-28-63)70(74(78)82)54-37-49-66(50-38-54)84-64-29-17-6-18-30-64/h1-42,47-50,61-62H,43-46H2. The van der Waals surface area contributed by atoms with Crippen molar-refractivity contribution in [2.24, 2.45) is 0 Å². The molecule has 0 saturated heterocycles. The zero-order chi connectivity index (χ0) is 56.9. The smallest absolute Gasteiger partial charge is 0.262 e. The lowest BCUT2D eigenvalue weighted by molar-refractivity contribution is -0.144. The predicted octanol–water partition coefficient (Wildman–Crippen LogP) is 16.8. The highest BCUT2D eigenvalue weighted by molar-refractivity contribution is 6.50. The van der Waals surface area contributed by atoms with Crippen molar-refractivity contribution in [3.05, 3.63) is 301 Å². The molecule has 2 aliphatic heterocycles. The SMILES string of the molecule is O=C1C(c2ccc(Oc3ccccc3)cc2)=C(c2ccc(Oc3ccccc3)cc2)C(=O)N1C1CCC(N2C(=O)C(c3ccc(N(c4ccccc4)c4ccccc4)cc3)=C(c3ccc(N(c4ccccc4)c4ccccc4)cc3)C2=O)CC1. The van der Waals surface area contributed by atoms with Gasteiger partial charge in [0.1, 0.15) is 23.0 Å².